The van der Waals surface area contributed by atoms with Crippen molar-refractivity contribution in [3.63, 3.8) is 0 Å². The van der Waals surface area contributed by atoms with Gasteiger partial charge >= 0.3 is 0 Å². The van der Waals surface area contributed by atoms with E-state index >= 15 is 0 Å². The molecule has 1 heterocycles. The number of nitrogens with zero attached hydrogens (tertiary/aromatic N) is 1. The molecule has 1 atom stereocenters. The Balaban J connectivity index is 1.79. The van der Waals surface area contributed by atoms with Crippen LogP contribution in [0.4, 0.5) is 0 Å². The first-order valence-corrected chi connectivity index (χ1v) is 9.61. The van der Waals surface area contributed by atoms with E-state index in [1.54, 1.807) is 7.11 Å². The van der Waals surface area contributed by atoms with Gasteiger partial charge in [-0.25, -0.2) is 0 Å². The lowest BCUT2D eigenvalue weighted by Crippen LogP contribution is -2.38. The molecule has 1 amide bonds. The number of benzene rings is 1. The molecule has 0 aromatic heterocycles. The first-order chi connectivity index (χ1) is 12.5. The first kappa shape index (κ1) is 20.8. The van der Waals surface area contributed by atoms with Crippen molar-refractivity contribution in [2.75, 3.05) is 33.4 Å². The van der Waals surface area contributed by atoms with Crippen LogP contribution >= 0.6 is 11.6 Å². The van der Waals surface area contributed by atoms with E-state index < -0.39 is 5.91 Å². The van der Waals surface area contributed by atoms with E-state index in [1.807, 2.05) is 12.1 Å². The van der Waals surface area contributed by atoms with Crippen molar-refractivity contribution in [2.45, 2.75) is 45.2 Å². The molecule has 2 rings (SSSR count). The monoisotopic (exact) mass is 383 g/mol. The lowest BCUT2D eigenvalue weighted by Gasteiger charge is -2.33. The maximum Gasteiger partial charge on any atom is 0.255 e. The number of amides is 1. The Morgan fingerprint density at radius 2 is 2.23 bits per heavy atom. The first-order valence-electron chi connectivity index (χ1n) is 9.23. The van der Waals surface area contributed by atoms with Gasteiger partial charge in [0.25, 0.3) is 5.91 Å². The lowest BCUT2D eigenvalue weighted by atomic mass is 10.0. The van der Waals surface area contributed by atoms with Crippen molar-refractivity contribution < 1.29 is 14.3 Å². The van der Waals surface area contributed by atoms with E-state index in [9.17, 15) is 4.79 Å². The number of piperidine rings is 1. The summed E-state index contributed by atoms with van der Waals surface area (Å²) in [4.78, 5) is 13.5. The molecule has 3 N–H and O–H groups in total. The highest BCUT2D eigenvalue weighted by atomic mass is 35.5. The SMILES string of the molecule is COc1cc(CNCCCN2CCCCC2C)cc(Cl)c1OCC(N)=O. The molecule has 1 aliphatic rings. The van der Waals surface area contributed by atoms with E-state index in [2.05, 4.69) is 17.1 Å². The van der Waals surface area contributed by atoms with Crippen molar-refractivity contribution in [2.24, 2.45) is 5.73 Å². The van der Waals surface area contributed by atoms with Crippen LogP contribution in [0.2, 0.25) is 5.02 Å². The summed E-state index contributed by atoms with van der Waals surface area (Å²) >= 11 is 6.26. The quantitative estimate of drug-likeness (QED) is 0.607. The maximum absolute atomic E-state index is 10.9. The molecule has 7 heteroatoms. The number of likely N-dealkylation sites (tertiary alicyclic amines) is 1. The summed E-state index contributed by atoms with van der Waals surface area (Å²) in [7, 11) is 1.54. The normalized spacial score (nSPS) is 17.9. The molecule has 0 bridgehead atoms. The summed E-state index contributed by atoms with van der Waals surface area (Å²) in [5.41, 5.74) is 6.11. The molecular weight excluding hydrogens is 354 g/mol. The summed E-state index contributed by atoms with van der Waals surface area (Å²) in [6.07, 6.45) is 5.11. The summed E-state index contributed by atoms with van der Waals surface area (Å²) in [5, 5.41) is 3.86. The molecule has 0 aliphatic carbocycles. The van der Waals surface area contributed by atoms with Gasteiger partial charge in [-0.15, -0.1) is 0 Å². The fraction of sp³-hybridized carbons (Fsp3) is 0.632. The second-order valence-corrected chi connectivity index (χ2v) is 7.18. The average Bonchev–Trinajstić information content (AvgIpc) is 2.61. The zero-order chi connectivity index (χ0) is 18.9. The van der Waals surface area contributed by atoms with Crippen molar-refractivity contribution in [3.8, 4) is 11.5 Å². The van der Waals surface area contributed by atoms with E-state index in [0.29, 0.717) is 29.1 Å². The zero-order valence-electron chi connectivity index (χ0n) is 15.7. The second kappa shape index (κ2) is 10.6. The highest BCUT2D eigenvalue weighted by Gasteiger charge is 2.17. The maximum atomic E-state index is 10.9. The third-order valence-corrected chi connectivity index (χ3v) is 5.00. The second-order valence-electron chi connectivity index (χ2n) is 6.78. The molecule has 1 fully saturated rings. The van der Waals surface area contributed by atoms with Gasteiger partial charge in [-0.1, -0.05) is 18.0 Å². The number of carbonyl (C=O) groups is 1. The lowest BCUT2D eigenvalue weighted by molar-refractivity contribution is -0.119. The van der Waals surface area contributed by atoms with E-state index in [0.717, 1.165) is 25.1 Å². The highest BCUT2D eigenvalue weighted by Crippen LogP contribution is 2.36. The minimum absolute atomic E-state index is 0.234. The highest BCUT2D eigenvalue weighted by molar-refractivity contribution is 6.32. The topological polar surface area (TPSA) is 76.8 Å². The van der Waals surface area contributed by atoms with Crippen LogP contribution in [0.5, 0.6) is 11.5 Å². The number of methoxy groups -OCH3 is 1. The van der Waals surface area contributed by atoms with Crippen LogP contribution in [0.15, 0.2) is 12.1 Å². The van der Waals surface area contributed by atoms with Crippen molar-refractivity contribution in [1.29, 1.82) is 0 Å². The molecule has 146 valence electrons. The number of halogens is 1. The van der Waals surface area contributed by atoms with Gasteiger partial charge in [0.15, 0.2) is 18.1 Å². The minimum atomic E-state index is -0.558. The van der Waals surface area contributed by atoms with Gasteiger partial charge in [-0.2, -0.15) is 0 Å². The van der Waals surface area contributed by atoms with Crippen molar-refractivity contribution >= 4 is 17.5 Å². The number of nitrogens with two attached hydrogens (primary N) is 1. The molecule has 1 aromatic rings. The molecule has 0 saturated carbocycles. The van der Waals surface area contributed by atoms with Crippen LogP contribution in [0.1, 0.15) is 38.2 Å². The average molecular weight is 384 g/mol. The largest absolute Gasteiger partial charge is 0.493 e. The number of nitrogens with one attached hydrogen (secondary N) is 1. The molecule has 26 heavy (non-hydrogen) atoms. The van der Waals surface area contributed by atoms with Crippen molar-refractivity contribution in [3.05, 3.63) is 22.7 Å². The fourth-order valence-corrected chi connectivity index (χ4v) is 3.58. The predicted molar refractivity (Wildman–Crippen MR) is 104 cm³/mol. The predicted octanol–water partition coefficient (Wildman–Crippen LogP) is 2.57. The Bertz CT molecular complexity index is 598. The number of hydrogen-bond acceptors (Lipinski definition) is 5. The van der Waals surface area contributed by atoms with Crippen LogP contribution < -0.4 is 20.5 Å². The molecule has 1 aliphatic heterocycles. The summed E-state index contributed by atoms with van der Waals surface area (Å²) in [6, 6.07) is 4.39. The third kappa shape index (κ3) is 6.34. The molecule has 6 nitrogen and oxygen atoms in total. The van der Waals surface area contributed by atoms with Gasteiger partial charge in [-0.3, -0.25) is 4.79 Å². The van der Waals surface area contributed by atoms with Gasteiger partial charge in [-0.05, 0) is 63.5 Å². The van der Waals surface area contributed by atoms with Crippen LogP contribution in [0.25, 0.3) is 0 Å². The number of rotatable bonds is 10. The summed E-state index contributed by atoms with van der Waals surface area (Å²) < 4.78 is 10.7. The van der Waals surface area contributed by atoms with Crippen molar-refractivity contribution in [1.82, 2.24) is 10.2 Å². The minimum Gasteiger partial charge on any atom is -0.493 e. The third-order valence-electron chi connectivity index (χ3n) is 4.72. The van der Waals surface area contributed by atoms with E-state index in [4.69, 9.17) is 26.8 Å². The van der Waals surface area contributed by atoms with Gasteiger partial charge in [0.2, 0.25) is 0 Å². The fourth-order valence-electron chi connectivity index (χ4n) is 3.29. The van der Waals surface area contributed by atoms with Gasteiger partial charge < -0.3 is 25.4 Å². The number of hydrogen-bond donors (Lipinski definition) is 2. The number of carbonyl (C=O) groups excluding carboxylic acids is 1. The molecule has 1 saturated heterocycles. The number of primary amides is 1. The Kier molecular flexibility index (Phi) is 8.48. The van der Waals surface area contributed by atoms with Gasteiger partial charge in [0.1, 0.15) is 0 Å². The summed E-state index contributed by atoms with van der Waals surface area (Å²) in [6.45, 7) is 6.09. The smallest absolute Gasteiger partial charge is 0.255 e. The van der Waals surface area contributed by atoms with Crippen LogP contribution in [0.3, 0.4) is 0 Å². The van der Waals surface area contributed by atoms with Crippen LogP contribution in [0, 0.1) is 0 Å². The zero-order valence-corrected chi connectivity index (χ0v) is 16.5. The number of ether oxygens (including phenoxy) is 2. The van der Waals surface area contributed by atoms with E-state index in [-0.39, 0.29) is 6.61 Å². The Hall–Kier alpha value is -1.50. The standard InChI is InChI=1S/C19H30ClN3O3/c1-14-6-3-4-8-23(14)9-5-7-22-12-15-10-16(20)19(17(11-15)25-2)26-13-18(21)24/h10-11,14,22H,3-9,12-13H2,1-2H3,(H2,21,24). The molecule has 0 spiro atoms. The van der Waals surface area contributed by atoms with Gasteiger partial charge in [0.05, 0.1) is 12.1 Å². The van der Waals surface area contributed by atoms with Crippen LogP contribution in [-0.2, 0) is 11.3 Å². The van der Waals surface area contributed by atoms with E-state index in [1.165, 1.54) is 25.8 Å². The molecule has 1 aromatic carbocycles. The van der Waals surface area contributed by atoms with Gasteiger partial charge in [0, 0.05) is 12.6 Å². The summed E-state index contributed by atoms with van der Waals surface area (Å²) in [5.74, 6) is 0.283. The van der Waals surface area contributed by atoms with Crippen LogP contribution in [-0.4, -0.2) is 50.2 Å². The Morgan fingerprint density at radius 3 is 2.92 bits per heavy atom. The molecule has 1 unspecified atom stereocenters. The molecular formula is C19H30ClN3O3. The molecule has 0 radical (unpaired) electrons. The Morgan fingerprint density at radius 1 is 1.42 bits per heavy atom. The Labute approximate surface area is 161 Å².